The van der Waals surface area contributed by atoms with Crippen molar-refractivity contribution in [3.8, 4) is 5.69 Å². The lowest BCUT2D eigenvalue weighted by molar-refractivity contribution is 0.0689. The molecule has 0 saturated carbocycles. The zero-order valence-electron chi connectivity index (χ0n) is 17.7. The number of carboxylic acids is 1. The highest BCUT2D eigenvalue weighted by Gasteiger charge is 2.19. The summed E-state index contributed by atoms with van der Waals surface area (Å²) in [6, 6.07) is 13.5. The molecule has 3 rings (SSSR count). The topological polar surface area (TPSA) is 114 Å². The number of rotatable bonds is 9. The second-order valence-corrected chi connectivity index (χ2v) is 9.37. The van der Waals surface area contributed by atoms with Gasteiger partial charge in [-0.25, -0.2) is 17.9 Å². The molecule has 0 amide bonds. The van der Waals surface area contributed by atoms with E-state index in [1.807, 2.05) is 12.1 Å². The Bertz CT molecular complexity index is 1170. The summed E-state index contributed by atoms with van der Waals surface area (Å²) in [6.45, 7) is 6.11. The smallest absolute Gasteiger partial charge is 0.358 e. The van der Waals surface area contributed by atoms with Crippen LogP contribution in [0.2, 0.25) is 0 Å². The molecule has 0 fully saturated rings. The minimum absolute atomic E-state index is 0.119. The largest absolute Gasteiger partial charge is 0.476 e. The summed E-state index contributed by atoms with van der Waals surface area (Å²) in [5.41, 5.74) is 2.27. The monoisotopic (exact) mass is 442 g/mol. The van der Waals surface area contributed by atoms with Gasteiger partial charge in [-0.05, 0) is 61.1 Å². The van der Waals surface area contributed by atoms with Crippen molar-refractivity contribution in [2.24, 2.45) is 5.92 Å². The van der Waals surface area contributed by atoms with Crippen molar-refractivity contribution >= 4 is 21.7 Å². The van der Waals surface area contributed by atoms with Crippen LogP contribution in [-0.4, -0.2) is 34.5 Å². The number of aromatic nitrogens is 3. The van der Waals surface area contributed by atoms with E-state index < -0.39 is 16.0 Å². The summed E-state index contributed by atoms with van der Waals surface area (Å²) in [5.74, 6) is -0.570. The molecule has 0 aliphatic heterocycles. The molecular formula is C22H26N4O4S. The minimum Gasteiger partial charge on any atom is -0.476 e. The molecule has 0 aliphatic carbocycles. The maximum atomic E-state index is 12.8. The summed E-state index contributed by atoms with van der Waals surface area (Å²) in [5, 5.41) is 16.9. The minimum atomic E-state index is -3.77. The van der Waals surface area contributed by atoms with Gasteiger partial charge in [-0.2, -0.15) is 0 Å². The van der Waals surface area contributed by atoms with Crippen molar-refractivity contribution in [3.63, 3.8) is 0 Å². The fourth-order valence-corrected chi connectivity index (χ4v) is 4.25. The van der Waals surface area contributed by atoms with Gasteiger partial charge in [-0.15, -0.1) is 5.10 Å². The summed E-state index contributed by atoms with van der Waals surface area (Å²) >= 11 is 0. The Morgan fingerprint density at radius 1 is 1.16 bits per heavy atom. The molecule has 164 valence electrons. The molecule has 1 heterocycles. The van der Waals surface area contributed by atoms with Crippen LogP contribution in [0.3, 0.4) is 0 Å². The molecular weight excluding hydrogens is 416 g/mol. The van der Waals surface area contributed by atoms with Gasteiger partial charge in [0.25, 0.3) is 10.0 Å². The number of nitrogens with one attached hydrogen (secondary N) is 1. The summed E-state index contributed by atoms with van der Waals surface area (Å²) in [7, 11) is -3.77. The lowest BCUT2D eigenvalue weighted by atomic mass is 10.0. The molecule has 0 unspecified atom stereocenters. The maximum absolute atomic E-state index is 12.8. The highest BCUT2D eigenvalue weighted by Crippen LogP contribution is 2.21. The predicted octanol–water partition coefficient (Wildman–Crippen LogP) is 3.92. The predicted molar refractivity (Wildman–Crippen MR) is 118 cm³/mol. The number of nitrogens with zero attached hydrogens (tertiary/aromatic N) is 3. The van der Waals surface area contributed by atoms with Crippen LogP contribution in [0.25, 0.3) is 5.69 Å². The van der Waals surface area contributed by atoms with E-state index in [-0.39, 0.29) is 10.6 Å². The average Bonchev–Trinajstić information content (AvgIpc) is 3.17. The highest BCUT2D eigenvalue weighted by molar-refractivity contribution is 7.92. The van der Waals surface area contributed by atoms with Crippen molar-refractivity contribution in [1.29, 1.82) is 0 Å². The first-order valence-electron chi connectivity index (χ1n) is 10.1. The molecule has 3 aromatic rings. The number of anilines is 1. The number of aryl methyl sites for hydroxylation is 1. The highest BCUT2D eigenvalue weighted by atomic mass is 32.2. The van der Waals surface area contributed by atoms with Gasteiger partial charge in [0.2, 0.25) is 0 Å². The number of carbonyl (C=O) groups is 1. The van der Waals surface area contributed by atoms with E-state index in [1.54, 1.807) is 43.3 Å². The van der Waals surface area contributed by atoms with Crippen LogP contribution in [0, 0.1) is 5.92 Å². The van der Waals surface area contributed by atoms with Gasteiger partial charge in [-0.1, -0.05) is 44.2 Å². The molecule has 0 bridgehead atoms. The van der Waals surface area contributed by atoms with E-state index in [0.717, 1.165) is 18.4 Å². The van der Waals surface area contributed by atoms with Gasteiger partial charge in [0.15, 0.2) is 5.69 Å². The molecule has 0 radical (unpaired) electrons. The van der Waals surface area contributed by atoms with Crippen molar-refractivity contribution in [3.05, 3.63) is 65.5 Å². The number of hydrogen-bond donors (Lipinski definition) is 2. The Morgan fingerprint density at radius 2 is 1.87 bits per heavy atom. The fraction of sp³-hybridized carbons (Fsp3) is 0.318. The molecule has 2 aromatic carbocycles. The standard InChI is InChI=1S/C22H26N4O4S/c1-4-20-21(22(27)28)23-25-26(20)18-7-5-6-17(14-18)24-31(29,30)19-12-10-16(11-13-19)9-8-15(2)3/h5-7,10-15,24H,4,8-9H2,1-3H3,(H,27,28). The molecule has 31 heavy (non-hydrogen) atoms. The molecule has 0 aliphatic rings. The Hall–Kier alpha value is -3.20. The number of aromatic carboxylic acids is 1. The Kier molecular flexibility index (Phi) is 6.74. The number of carboxylic acid groups (broad SMARTS) is 1. The van der Waals surface area contributed by atoms with E-state index in [1.165, 1.54) is 4.68 Å². The summed E-state index contributed by atoms with van der Waals surface area (Å²) in [4.78, 5) is 11.5. The van der Waals surface area contributed by atoms with Crippen LogP contribution in [0.5, 0.6) is 0 Å². The third kappa shape index (κ3) is 5.29. The quantitative estimate of drug-likeness (QED) is 0.519. The van der Waals surface area contributed by atoms with Gasteiger partial charge in [0.1, 0.15) is 0 Å². The Labute approximate surface area is 182 Å². The molecule has 9 heteroatoms. The molecule has 1 aromatic heterocycles. The van der Waals surface area contributed by atoms with E-state index in [0.29, 0.717) is 29.4 Å². The third-order valence-corrected chi connectivity index (χ3v) is 6.28. The lowest BCUT2D eigenvalue weighted by Gasteiger charge is -2.11. The van der Waals surface area contributed by atoms with Crippen molar-refractivity contribution < 1.29 is 18.3 Å². The van der Waals surface area contributed by atoms with Crippen molar-refractivity contribution in [2.45, 2.75) is 44.9 Å². The Morgan fingerprint density at radius 3 is 2.48 bits per heavy atom. The second-order valence-electron chi connectivity index (χ2n) is 7.69. The van der Waals surface area contributed by atoms with Gasteiger partial charge in [0.05, 0.1) is 22.0 Å². The zero-order valence-corrected chi connectivity index (χ0v) is 18.6. The normalized spacial score (nSPS) is 11.6. The first-order chi connectivity index (χ1) is 14.7. The van der Waals surface area contributed by atoms with Crippen molar-refractivity contribution in [2.75, 3.05) is 4.72 Å². The molecule has 0 spiro atoms. The second kappa shape index (κ2) is 9.30. The van der Waals surface area contributed by atoms with E-state index in [2.05, 4.69) is 28.9 Å². The van der Waals surface area contributed by atoms with Gasteiger partial charge in [0, 0.05) is 0 Å². The van der Waals surface area contributed by atoms with Gasteiger partial charge >= 0.3 is 5.97 Å². The summed E-state index contributed by atoms with van der Waals surface area (Å²) in [6.07, 6.45) is 2.36. The van der Waals surface area contributed by atoms with Crippen molar-refractivity contribution in [1.82, 2.24) is 15.0 Å². The Balaban J connectivity index is 1.83. The first kappa shape index (κ1) is 22.5. The summed E-state index contributed by atoms with van der Waals surface area (Å²) < 4.78 is 29.6. The lowest BCUT2D eigenvalue weighted by Crippen LogP contribution is -2.13. The van der Waals surface area contributed by atoms with Crippen LogP contribution in [0.4, 0.5) is 5.69 Å². The molecule has 0 saturated heterocycles. The first-order valence-corrected chi connectivity index (χ1v) is 11.6. The van der Waals surface area contributed by atoms with Crippen LogP contribution >= 0.6 is 0 Å². The maximum Gasteiger partial charge on any atom is 0.358 e. The number of sulfonamides is 1. The molecule has 2 N–H and O–H groups in total. The van der Waals surface area contributed by atoms with Gasteiger partial charge < -0.3 is 5.11 Å². The molecule has 0 atom stereocenters. The van der Waals surface area contributed by atoms with Crippen LogP contribution in [-0.2, 0) is 22.9 Å². The van der Waals surface area contributed by atoms with Crippen LogP contribution < -0.4 is 4.72 Å². The van der Waals surface area contributed by atoms with Crippen LogP contribution in [0.1, 0.15) is 48.9 Å². The number of hydrogen-bond acceptors (Lipinski definition) is 5. The van der Waals surface area contributed by atoms with E-state index >= 15 is 0 Å². The third-order valence-electron chi connectivity index (χ3n) is 4.89. The van der Waals surface area contributed by atoms with E-state index in [4.69, 9.17) is 0 Å². The average molecular weight is 443 g/mol. The fourth-order valence-electron chi connectivity index (χ4n) is 3.20. The molecule has 8 nitrogen and oxygen atoms in total. The van der Waals surface area contributed by atoms with Crippen LogP contribution in [0.15, 0.2) is 53.4 Å². The number of benzene rings is 2. The van der Waals surface area contributed by atoms with E-state index in [9.17, 15) is 18.3 Å². The van der Waals surface area contributed by atoms with Gasteiger partial charge in [-0.3, -0.25) is 4.72 Å². The SMILES string of the molecule is CCc1c(C(=O)O)nnn1-c1cccc(NS(=O)(=O)c2ccc(CCC(C)C)cc2)c1. The zero-order chi connectivity index (χ0) is 22.6.